The van der Waals surface area contributed by atoms with Crippen molar-refractivity contribution in [3.8, 4) is 5.75 Å². The Bertz CT molecular complexity index is 413. The van der Waals surface area contributed by atoms with Gasteiger partial charge in [0.25, 0.3) is 0 Å². The van der Waals surface area contributed by atoms with E-state index in [2.05, 4.69) is 10.1 Å². The van der Waals surface area contributed by atoms with E-state index in [1.807, 2.05) is 6.92 Å². The number of para-hydroxylation sites is 1. The average Bonchev–Trinajstić information content (AvgIpc) is 2.37. The molecule has 0 spiro atoms. The molecule has 0 bridgehead atoms. The summed E-state index contributed by atoms with van der Waals surface area (Å²) in [5.74, 6) is -0.240. The van der Waals surface area contributed by atoms with E-state index in [1.165, 1.54) is 6.07 Å². The maximum absolute atomic E-state index is 12.2. The quantitative estimate of drug-likeness (QED) is 0.798. The van der Waals surface area contributed by atoms with Gasteiger partial charge in [-0.05, 0) is 12.5 Å². The van der Waals surface area contributed by atoms with E-state index in [9.17, 15) is 13.6 Å². The first-order valence-electron chi connectivity index (χ1n) is 6.10. The van der Waals surface area contributed by atoms with Crippen LogP contribution in [0.1, 0.15) is 25.3 Å². The Morgan fingerprint density at radius 1 is 1.42 bits per heavy atom. The van der Waals surface area contributed by atoms with Crippen molar-refractivity contribution in [2.24, 2.45) is 5.73 Å². The predicted molar refractivity (Wildman–Crippen MR) is 67.8 cm³/mol. The van der Waals surface area contributed by atoms with Crippen molar-refractivity contribution in [3.05, 3.63) is 29.8 Å². The molecule has 19 heavy (non-hydrogen) atoms. The van der Waals surface area contributed by atoms with E-state index < -0.39 is 12.7 Å². The third-order valence-electron chi connectivity index (χ3n) is 2.58. The summed E-state index contributed by atoms with van der Waals surface area (Å²) in [5, 5.41) is 2.61. The van der Waals surface area contributed by atoms with Crippen LogP contribution >= 0.6 is 0 Å². The minimum Gasteiger partial charge on any atom is -0.434 e. The van der Waals surface area contributed by atoms with Gasteiger partial charge in [0.2, 0.25) is 5.91 Å². The smallest absolute Gasteiger partial charge is 0.387 e. The minimum absolute atomic E-state index is 0.0573. The summed E-state index contributed by atoms with van der Waals surface area (Å²) in [4.78, 5) is 11.6. The number of nitrogens with one attached hydrogen (secondary N) is 1. The molecule has 1 rings (SSSR count). The van der Waals surface area contributed by atoms with Gasteiger partial charge in [0.1, 0.15) is 5.75 Å². The van der Waals surface area contributed by atoms with Gasteiger partial charge in [0, 0.05) is 12.1 Å². The number of benzene rings is 1. The molecule has 1 aromatic rings. The maximum Gasteiger partial charge on any atom is 0.387 e. The normalized spacial score (nSPS) is 12.3. The molecule has 0 radical (unpaired) electrons. The molecular weight excluding hydrogens is 254 g/mol. The van der Waals surface area contributed by atoms with Crippen LogP contribution in [0, 0.1) is 0 Å². The van der Waals surface area contributed by atoms with Crippen LogP contribution in [0.25, 0.3) is 0 Å². The zero-order valence-corrected chi connectivity index (χ0v) is 10.7. The number of amides is 1. The van der Waals surface area contributed by atoms with Crippen molar-refractivity contribution in [2.75, 3.05) is 0 Å². The summed E-state index contributed by atoms with van der Waals surface area (Å²) in [7, 11) is 0. The molecule has 6 heteroatoms. The topological polar surface area (TPSA) is 64.4 Å². The van der Waals surface area contributed by atoms with Crippen molar-refractivity contribution in [1.29, 1.82) is 0 Å². The summed E-state index contributed by atoms with van der Waals surface area (Å²) >= 11 is 0. The summed E-state index contributed by atoms with van der Waals surface area (Å²) in [6.07, 6.45) is 1.39. The highest BCUT2D eigenvalue weighted by Gasteiger charge is 2.13. The van der Waals surface area contributed by atoms with Gasteiger partial charge in [-0.25, -0.2) is 0 Å². The van der Waals surface area contributed by atoms with Gasteiger partial charge in [-0.2, -0.15) is 8.78 Å². The van der Waals surface area contributed by atoms with E-state index >= 15 is 0 Å². The molecule has 4 nitrogen and oxygen atoms in total. The second-order valence-corrected chi connectivity index (χ2v) is 4.10. The van der Waals surface area contributed by atoms with E-state index in [0.29, 0.717) is 12.0 Å². The number of alkyl halides is 2. The van der Waals surface area contributed by atoms with E-state index in [4.69, 9.17) is 5.73 Å². The molecule has 3 N–H and O–H groups in total. The zero-order valence-electron chi connectivity index (χ0n) is 10.7. The van der Waals surface area contributed by atoms with Gasteiger partial charge < -0.3 is 15.8 Å². The lowest BCUT2D eigenvalue weighted by Gasteiger charge is -2.13. The lowest BCUT2D eigenvalue weighted by molar-refractivity contribution is -0.122. The van der Waals surface area contributed by atoms with Gasteiger partial charge in [0.15, 0.2) is 0 Å². The minimum atomic E-state index is -2.89. The first-order valence-corrected chi connectivity index (χ1v) is 6.10. The molecule has 1 aromatic carbocycles. The number of carbonyl (C=O) groups is 1. The van der Waals surface area contributed by atoms with Gasteiger partial charge in [0.05, 0.1) is 6.04 Å². The van der Waals surface area contributed by atoms with Crippen molar-refractivity contribution >= 4 is 5.91 Å². The highest BCUT2D eigenvalue weighted by Crippen LogP contribution is 2.19. The Balaban J connectivity index is 2.59. The van der Waals surface area contributed by atoms with Crippen molar-refractivity contribution < 1.29 is 18.3 Å². The summed E-state index contributed by atoms with van der Waals surface area (Å²) in [5.41, 5.74) is 6.13. The summed E-state index contributed by atoms with van der Waals surface area (Å²) < 4.78 is 28.8. The third-order valence-corrected chi connectivity index (χ3v) is 2.58. The Labute approximate surface area is 110 Å². The fourth-order valence-electron chi connectivity index (χ4n) is 1.62. The molecule has 0 aliphatic carbocycles. The van der Waals surface area contributed by atoms with Gasteiger partial charge in [-0.15, -0.1) is 0 Å². The highest BCUT2D eigenvalue weighted by molar-refractivity contribution is 5.81. The molecule has 0 aliphatic heterocycles. The van der Waals surface area contributed by atoms with Crippen molar-refractivity contribution in [3.63, 3.8) is 0 Å². The lowest BCUT2D eigenvalue weighted by Crippen LogP contribution is -2.40. The number of nitrogens with two attached hydrogens (primary N) is 1. The van der Waals surface area contributed by atoms with E-state index in [1.54, 1.807) is 18.2 Å². The molecule has 106 valence electrons. The molecule has 0 aromatic heterocycles. The third kappa shape index (κ3) is 5.21. The SMILES string of the molecule is CCC[C@H](N)C(=O)NCc1ccccc1OC(F)F. The van der Waals surface area contributed by atoms with Gasteiger partial charge in [-0.1, -0.05) is 31.5 Å². The van der Waals surface area contributed by atoms with Crippen LogP contribution in [0.2, 0.25) is 0 Å². The van der Waals surface area contributed by atoms with Crippen LogP contribution < -0.4 is 15.8 Å². The van der Waals surface area contributed by atoms with E-state index in [0.717, 1.165) is 6.42 Å². The Kier molecular flexibility index (Phi) is 6.21. The van der Waals surface area contributed by atoms with Crippen molar-refractivity contribution in [1.82, 2.24) is 5.32 Å². The molecule has 1 atom stereocenters. The van der Waals surface area contributed by atoms with Crippen LogP contribution in [0.3, 0.4) is 0 Å². The second kappa shape index (κ2) is 7.68. The zero-order chi connectivity index (χ0) is 14.3. The molecule has 0 saturated heterocycles. The largest absolute Gasteiger partial charge is 0.434 e. The number of carbonyl (C=O) groups excluding carboxylic acids is 1. The van der Waals surface area contributed by atoms with Crippen LogP contribution in [-0.4, -0.2) is 18.6 Å². The molecule has 0 heterocycles. The molecule has 0 aliphatic rings. The first kappa shape index (κ1) is 15.4. The standard InChI is InChI=1S/C13H18F2N2O2/c1-2-5-10(16)12(18)17-8-9-6-3-4-7-11(9)19-13(14)15/h3-4,6-7,10,13H,2,5,8,16H2,1H3,(H,17,18)/t10-/m0/s1. The fraction of sp³-hybridized carbons (Fsp3) is 0.462. The Hall–Kier alpha value is -1.69. The van der Waals surface area contributed by atoms with Crippen LogP contribution in [-0.2, 0) is 11.3 Å². The molecule has 0 unspecified atom stereocenters. The second-order valence-electron chi connectivity index (χ2n) is 4.10. The summed E-state index contributed by atoms with van der Waals surface area (Å²) in [6, 6.07) is 5.74. The fourth-order valence-corrected chi connectivity index (χ4v) is 1.62. The average molecular weight is 272 g/mol. The molecule has 1 amide bonds. The molecule has 0 fully saturated rings. The Morgan fingerprint density at radius 2 is 2.11 bits per heavy atom. The number of ether oxygens (including phenoxy) is 1. The first-order chi connectivity index (χ1) is 9.04. The number of halogens is 2. The van der Waals surface area contributed by atoms with Crippen LogP contribution in [0.5, 0.6) is 5.75 Å². The number of hydrogen-bond acceptors (Lipinski definition) is 3. The van der Waals surface area contributed by atoms with Crippen molar-refractivity contribution in [2.45, 2.75) is 39.0 Å². The van der Waals surface area contributed by atoms with Crippen LogP contribution in [0.4, 0.5) is 8.78 Å². The van der Waals surface area contributed by atoms with Crippen LogP contribution in [0.15, 0.2) is 24.3 Å². The Morgan fingerprint density at radius 3 is 2.74 bits per heavy atom. The number of rotatable bonds is 7. The van der Waals surface area contributed by atoms with Gasteiger partial charge in [-0.3, -0.25) is 4.79 Å². The highest BCUT2D eigenvalue weighted by atomic mass is 19.3. The van der Waals surface area contributed by atoms with Gasteiger partial charge >= 0.3 is 6.61 Å². The molecular formula is C13H18F2N2O2. The van der Waals surface area contributed by atoms with E-state index in [-0.39, 0.29) is 18.2 Å². The maximum atomic E-state index is 12.2. The lowest BCUT2D eigenvalue weighted by atomic mass is 10.1. The summed E-state index contributed by atoms with van der Waals surface area (Å²) in [6.45, 7) is -0.850. The monoisotopic (exact) mass is 272 g/mol. The predicted octanol–water partition coefficient (Wildman–Crippen LogP) is 2.03. The number of hydrogen-bond donors (Lipinski definition) is 2. The molecule has 0 saturated carbocycles.